The van der Waals surface area contributed by atoms with Gasteiger partial charge in [0.2, 0.25) is 4.87 Å². The Bertz CT molecular complexity index is 919. The number of nitrogens with zero attached hydrogens (tertiary/aromatic N) is 3. The van der Waals surface area contributed by atoms with Crippen LogP contribution in [0.5, 0.6) is 5.75 Å². The number of hydrogen-bond donors (Lipinski definition) is 1. The second kappa shape index (κ2) is 4.90. The second-order valence-electron chi connectivity index (χ2n) is 6.09. The van der Waals surface area contributed by atoms with Gasteiger partial charge in [-0.3, -0.25) is 15.6 Å². The van der Waals surface area contributed by atoms with E-state index in [9.17, 15) is 8.42 Å². The van der Waals surface area contributed by atoms with E-state index in [1.54, 1.807) is 30.2 Å². The summed E-state index contributed by atoms with van der Waals surface area (Å²) in [5, 5.41) is 0. The van der Waals surface area contributed by atoms with Gasteiger partial charge in [0.05, 0.1) is 12.3 Å². The van der Waals surface area contributed by atoms with Crippen molar-refractivity contribution < 1.29 is 13.2 Å². The van der Waals surface area contributed by atoms with Crippen molar-refractivity contribution in [3.63, 3.8) is 0 Å². The maximum atomic E-state index is 13.0. The average Bonchev–Trinajstić information content (AvgIpc) is 3.10. The highest BCUT2D eigenvalue weighted by Crippen LogP contribution is 2.49. The molecule has 0 fully saturated rings. The first kappa shape index (κ1) is 15.3. The average molecular weight is 346 g/mol. The molecule has 0 radical (unpaired) electrons. The number of ether oxygens (including phenoxy) is 1. The molecule has 126 valence electrons. The highest BCUT2D eigenvalue weighted by molar-refractivity contribution is 7.91. The van der Waals surface area contributed by atoms with E-state index in [0.29, 0.717) is 30.1 Å². The maximum absolute atomic E-state index is 13.0. The van der Waals surface area contributed by atoms with Gasteiger partial charge in [0.15, 0.2) is 16.1 Å². The summed E-state index contributed by atoms with van der Waals surface area (Å²) in [6.45, 7) is 2.29. The molecule has 8 heteroatoms. The molecular formula is C16H18N4O3S. The Hall–Kier alpha value is -2.19. The van der Waals surface area contributed by atoms with Crippen molar-refractivity contribution in [1.82, 2.24) is 4.90 Å². The van der Waals surface area contributed by atoms with Crippen LogP contribution >= 0.6 is 0 Å². The normalized spacial score (nSPS) is 28.1. The third kappa shape index (κ3) is 1.83. The molecule has 1 aromatic rings. The highest BCUT2D eigenvalue weighted by Gasteiger charge is 2.55. The number of aliphatic imine (C=N–C) groups is 2. The van der Waals surface area contributed by atoms with Crippen molar-refractivity contribution in [3.05, 3.63) is 41.1 Å². The summed E-state index contributed by atoms with van der Waals surface area (Å²) >= 11 is 0. The summed E-state index contributed by atoms with van der Waals surface area (Å²) in [6, 6.07) is 5.47. The van der Waals surface area contributed by atoms with E-state index < -0.39 is 21.0 Å². The molecule has 3 aliphatic heterocycles. The van der Waals surface area contributed by atoms with Crippen LogP contribution in [0.3, 0.4) is 0 Å². The van der Waals surface area contributed by atoms with E-state index in [1.807, 2.05) is 12.1 Å². The fourth-order valence-electron chi connectivity index (χ4n) is 3.68. The zero-order valence-corrected chi connectivity index (χ0v) is 14.2. The second-order valence-corrected chi connectivity index (χ2v) is 8.22. The predicted octanol–water partition coefficient (Wildman–Crippen LogP) is 0.764. The molecule has 7 nitrogen and oxygen atoms in total. The fraction of sp³-hybridized carbons (Fsp3) is 0.375. The van der Waals surface area contributed by atoms with Gasteiger partial charge in [-0.05, 0) is 19.1 Å². The molecule has 2 unspecified atom stereocenters. The molecule has 0 spiro atoms. The van der Waals surface area contributed by atoms with Gasteiger partial charge in [-0.1, -0.05) is 12.1 Å². The summed E-state index contributed by atoms with van der Waals surface area (Å²) in [7, 11) is -3.64. The van der Waals surface area contributed by atoms with E-state index in [2.05, 4.69) is 9.98 Å². The van der Waals surface area contributed by atoms with Crippen molar-refractivity contribution in [1.29, 1.82) is 0 Å². The summed E-state index contributed by atoms with van der Waals surface area (Å²) in [4.78, 5) is 8.91. The van der Waals surface area contributed by atoms with Crippen LogP contribution in [0.1, 0.15) is 18.1 Å². The lowest BCUT2D eigenvalue weighted by atomic mass is 9.95. The van der Waals surface area contributed by atoms with E-state index in [4.69, 9.17) is 10.5 Å². The zero-order chi connectivity index (χ0) is 17.1. The molecule has 0 aromatic heterocycles. The molecule has 0 saturated carbocycles. The number of fused-ring (bicyclic) bond motifs is 2. The standard InChI is InChI=1S/C16H18N4O3S/c1-10-19-16(24(2,21)22,14-6-8-18-15(17)20(10)14)12-4-3-5-13-11(12)7-9-23-13/h3-6,8,15H,7,9,17H2,1-2H3. The lowest BCUT2D eigenvalue weighted by molar-refractivity contribution is 0.357. The Labute approximate surface area is 140 Å². The van der Waals surface area contributed by atoms with Gasteiger partial charge in [0.1, 0.15) is 11.6 Å². The first-order chi connectivity index (χ1) is 11.4. The highest BCUT2D eigenvalue weighted by atomic mass is 32.2. The van der Waals surface area contributed by atoms with Crippen LogP contribution in [0.25, 0.3) is 0 Å². The van der Waals surface area contributed by atoms with Crippen molar-refractivity contribution in [2.45, 2.75) is 24.5 Å². The van der Waals surface area contributed by atoms with Gasteiger partial charge < -0.3 is 4.74 Å². The maximum Gasteiger partial charge on any atom is 0.228 e. The van der Waals surface area contributed by atoms with Crippen LogP contribution < -0.4 is 10.5 Å². The molecule has 24 heavy (non-hydrogen) atoms. The molecular weight excluding hydrogens is 328 g/mol. The third-order valence-corrected chi connectivity index (χ3v) is 6.25. The molecule has 4 rings (SSSR count). The summed E-state index contributed by atoms with van der Waals surface area (Å²) < 4.78 is 31.5. The minimum atomic E-state index is -3.64. The summed E-state index contributed by atoms with van der Waals surface area (Å²) in [5.74, 6) is 1.25. The Balaban J connectivity index is 2.06. The topological polar surface area (TPSA) is 97.3 Å². The molecule has 0 amide bonds. The molecule has 3 aliphatic rings. The van der Waals surface area contributed by atoms with Crippen molar-refractivity contribution in [3.8, 4) is 5.75 Å². The Morgan fingerprint density at radius 2 is 2.21 bits per heavy atom. The number of rotatable bonds is 2. The number of allylic oxidation sites excluding steroid dienone is 1. The molecule has 0 saturated heterocycles. The van der Waals surface area contributed by atoms with Crippen LogP contribution in [-0.2, 0) is 21.1 Å². The van der Waals surface area contributed by atoms with Crippen LogP contribution in [-0.4, -0.2) is 44.5 Å². The minimum absolute atomic E-state index is 0.519. The first-order valence-electron chi connectivity index (χ1n) is 7.66. The SMILES string of the molecule is CC1=NC(c2cccc3c2CCO3)(S(C)(=O)=O)C2=CC=NC(N)N21. The zero-order valence-electron chi connectivity index (χ0n) is 13.4. The Morgan fingerprint density at radius 1 is 1.42 bits per heavy atom. The van der Waals surface area contributed by atoms with Gasteiger partial charge in [-0.2, -0.15) is 0 Å². The molecule has 0 bridgehead atoms. The Morgan fingerprint density at radius 3 is 2.96 bits per heavy atom. The molecule has 2 N–H and O–H groups in total. The molecule has 0 aliphatic carbocycles. The molecule has 3 heterocycles. The number of amidine groups is 1. The van der Waals surface area contributed by atoms with Gasteiger partial charge >= 0.3 is 0 Å². The number of hydrogen-bond acceptors (Lipinski definition) is 7. The first-order valence-corrected chi connectivity index (χ1v) is 9.55. The van der Waals surface area contributed by atoms with Crippen LogP contribution in [0.15, 0.2) is 40.0 Å². The van der Waals surface area contributed by atoms with E-state index in [1.165, 1.54) is 6.26 Å². The van der Waals surface area contributed by atoms with Crippen molar-refractivity contribution >= 4 is 21.9 Å². The van der Waals surface area contributed by atoms with Crippen molar-refractivity contribution in [2.75, 3.05) is 12.9 Å². The fourth-order valence-corrected chi connectivity index (χ4v) is 5.12. The molecule has 1 aromatic carbocycles. The number of benzene rings is 1. The molecule has 2 atom stereocenters. The summed E-state index contributed by atoms with van der Waals surface area (Å²) in [6.07, 6.45) is 4.42. The largest absolute Gasteiger partial charge is 0.493 e. The van der Waals surface area contributed by atoms with E-state index in [-0.39, 0.29) is 0 Å². The Kier molecular flexibility index (Phi) is 3.14. The third-order valence-electron chi connectivity index (χ3n) is 4.65. The van der Waals surface area contributed by atoms with Gasteiger partial charge in [-0.25, -0.2) is 13.4 Å². The van der Waals surface area contributed by atoms with Gasteiger partial charge in [0.25, 0.3) is 0 Å². The van der Waals surface area contributed by atoms with E-state index in [0.717, 1.165) is 11.3 Å². The smallest absolute Gasteiger partial charge is 0.228 e. The van der Waals surface area contributed by atoms with Crippen LogP contribution in [0.2, 0.25) is 0 Å². The van der Waals surface area contributed by atoms with Crippen LogP contribution in [0.4, 0.5) is 0 Å². The monoisotopic (exact) mass is 346 g/mol. The van der Waals surface area contributed by atoms with Crippen LogP contribution in [0, 0.1) is 0 Å². The summed E-state index contributed by atoms with van der Waals surface area (Å²) in [5.41, 5.74) is 8.09. The predicted molar refractivity (Wildman–Crippen MR) is 91.7 cm³/mol. The lowest BCUT2D eigenvalue weighted by Gasteiger charge is -2.34. The quantitative estimate of drug-likeness (QED) is 0.853. The van der Waals surface area contributed by atoms with Gasteiger partial charge in [0, 0.05) is 30.0 Å². The lowest BCUT2D eigenvalue weighted by Crippen LogP contribution is -2.46. The number of nitrogens with two attached hydrogens (primary N) is 1. The van der Waals surface area contributed by atoms with Crippen molar-refractivity contribution in [2.24, 2.45) is 15.7 Å². The van der Waals surface area contributed by atoms with E-state index >= 15 is 0 Å². The number of sulfone groups is 1. The minimum Gasteiger partial charge on any atom is -0.493 e. The van der Waals surface area contributed by atoms with Gasteiger partial charge in [-0.15, -0.1) is 0 Å².